The van der Waals surface area contributed by atoms with Crippen molar-refractivity contribution < 1.29 is 4.79 Å². The smallest absolute Gasteiger partial charge is 0.266 e. The van der Waals surface area contributed by atoms with Crippen molar-refractivity contribution in [2.45, 2.75) is 19.5 Å². The molecule has 1 fully saturated rings. The van der Waals surface area contributed by atoms with E-state index < -0.39 is 0 Å². The number of halogens is 1. The van der Waals surface area contributed by atoms with E-state index in [1.165, 1.54) is 11.3 Å². The summed E-state index contributed by atoms with van der Waals surface area (Å²) in [6, 6.07) is 11.5. The second-order valence-corrected chi connectivity index (χ2v) is 7.57. The Labute approximate surface area is 161 Å². The Balaban J connectivity index is 1.76. The average Bonchev–Trinajstić information content (AvgIpc) is 3.26. The Morgan fingerprint density at radius 3 is 2.92 bits per heavy atom. The largest absolute Gasteiger partial charge is 0.369 e. The highest BCUT2D eigenvalue weighted by atomic mass is 35.5. The number of hydrogen-bond acceptors (Lipinski definition) is 6. The van der Waals surface area contributed by atoms with Crippen molar-refractivity contribution in [1.82, 2.24) is 20.5 Å². The molecular weight excluding hydrogens is 370 g/mol. The number of rotatable bonds is 5. The third kappa shape index (κ3) is 4.15. The normalized spacial score (nSPS) is 16.6. The first-order valence-electron chi connectivity index (χ1n) is 8.17. The lowest BCUT2D eigenvalue weighted by atomic mass is 10.1. The van der Waals surface area contributed by atoms with E-state index in [0.717, 1.165) is 10.4 Å². The van der Waals surface area contributed by atoms with E-state index in [4.69, 9.17) is 11.6 Å². The predicted molar refractivity (Wildman–Crippen MR) is 101 cm³/mol. The Morgan fingerprint density at radius 2 is 2.27 bits per heavy atom. The fourth-order valence-electron chi connectivity index (χ4n) is 2.79. The van der Waals surface area contributed by atoms with Crippen LogP contribution in [0.2, 0.25) is 4.47 Å². The van der Waals surface area contributed by atoms with Crippen molar-refractivity contribution >= 4 is 28.8 Å². The summed E-state index contributed by atoms with van der Waals surface area (Å²) in [5.74, 6) is 0.162. The van der Waals surface area contributed by atoms with Gasteiger partial charge in [0.25, 0.3) is 5.91 Å². The van der Waals surface area contributed by atoms with E-state index in [2.05, 4.69) is 15.6 Å². The van der Waals surface area contributed by atoms with Crippen LogP contribution in [0.4, 0.5) is 0 Å². The molecule has 8 heteroatoms. The molecule has 134 valence electrons. The summed E-state index contributed by atoms with van der Waals surface area (Å²) in [6.45, 7) is 3.83. The molecular formula is C18H18ClN5OS. The maximum absolute atomic E-state index is 12.7. The number of nitrogens with one attached hydrogen (secondary N) is 2. The minimum Gasteiger partial charge on any atom is -0.369 e. The Bertz CT molecular complexity index is 858. The van der Waals surface area contributed by atoms with Gasteiger partial charge in [0.05, 0.1) is 12.6 Å². The van der Waals surface area contributed by atoms with Crippen LogP contribution in [-0.4, -0.2) is 28.9 Å². The summed E-state index contributed by atoms with van der Waals surface area (Å²) in [6.07, 6.45) is 1.71. The van der Waals surface area contributed by atoms with Crippen LogP contribution in [0.3, 0.4) is 0 Å². The molecule has 1 aliphatic rings. The number of amides is 1. The van der Waals surface area contributed by atoms with Gasteiger partial charge in [-0.3, -0.25) is 4.79 Å². The van der Waals surface area contributed by atoms with Crippen LogP contribution in [-0.2, 0) is 11.3 Å². The lowest BCUT2D eigenvalue weighted by Crippen LogP contribution is -2.31. The Kier molecular flexibility index (Phi) is 5.76. The number of carbonyl (C=O) groups is 1. The lowest BCUT2D eigenvalue weighted by molar-refractivity contribution is -0.117. The van der Waals surface area contributed by atoms with Crippen LogP contribution >= 0.6 is 22.9 Å². The lowest BCUT2D eigenvalue weighted by Gasteiger charge is -2.20. The number of nitrogens with zero attached hydrogens (tertiary/aromatic N) is 3. The molecule has 2 aromatic rings. The summed E-state index contributed by atoms with van der Waals surface area (Å²) in [7, 11) is 0. The first kappa shape index (κ1) is 18.2. The highest BCUT2D eigenvalue weighted by Crippen LogP contribution is 2.23. The van der Waals surface area contributed by atoms with Crippen LogP contribution in [0.5, 0.6) is 0 Å². The molecule has 1 aromatic carbocycles. The molecule has 0 aliphatic carbocycles. The second-order valence-electron chi connectivity index (χ2n) is 5.87. The summed E-state index contributed by atoms with van der Waals surface area (Å²) in [5.41, 5.74) is 1.07. The van der Waals surface area contributed by atoms with Gasteiger partial charge in [-0.15, -0.1) is 11.3 Å². The highest BCUT2D eigenvalue weighted by molar-refractivity contribution is 7.15. The van der Waals surface area contributed by atoms with Gasteiger partial charge in [-0.25, -0.2) is 4.98 Å². The van der Waals surface area contributed by atoms with Crippen molar-refractivity contribution in [3.63, 3.8) is 0 Å². The van der Waals surface area contributed by atoms with Gasteiger partial charge in [-0.2, -0.15) is 5.26 Å². The third-order valence-electron chi connectivity index (χ3n) is 4.09. The van der Waals surface area contributed by atoms with Crippen molar-refractivity contribution in [1.29, 1.82) is 5.26 Å². The van der Waals surface area contributed by atoms with Crippen molar-refractivity contribution in [3.05, 3.63) is 62.8 Å². The van der Waals surface area contributed by atoms with Gasteiger partial charge < -0.3 is 15.5 Å². The molecule has 1 amide bonds. The molecule has 1 unspecified atom stereocenters. The topological polar surface area (TPSA) is 81.0 Å². The maximum atomic E-state index is 12.7. The molecule has 1 aliphatic heterocycles. The van der Waals surface area contributed by atoms with Crippen molar-refractivity contribution in [2.75, 3.05) is 13.1 Å². The first-order chi connectivity index (χ1) is 12.6. The fourth-order valence-corrected chi connectivity index (χ4v) is 3.78. The standard InChI is InChI=1S/C18H18ClN5OS/c1-12(13-5-3-2-4-6-13)23-17(25)15(9-20)16-21-7-8-24(16)11-14-10-22-18(19)26-14/h2-6,10,12,21H,7-8,11H2,1H3,(H,23,25)/b16-15+. The SMILES string of the molecule is CC(NC(=O)/C(C#N)=C1\NCCN1Cc1cnc(Cl)s1)c1ccccc1. The highest BCUT2D eigenvalue weighted by Gasteiger charge is 2.26. The predicted octanol–water partition coefficient (Wildman–Crippen LogP) is 2.81. The zero-order valence-electron chi connectivity index (χ0n) is 14.2. The maximum Gasteiger partial charge on any atom is 0.266 e. The number of carbonyl (C=O) groups excluding carboxylic acids is 1. The molecule has 2 N–H and O–H groups in total. The molecule has 0 bridgehead atoms. The van der Waals surface area contributed by atoms with Gasteiger partial charge in [0.15, 0.2) is 10.0 Å². The summed E-state index contributed by atoms with van der Waals surface area (Å²) in [5, 5.41) is 15.6. The number of thiazole rings is 1. The summed E-state index contributed by atoms with van der Waals surface area (Å²) in [4.78, 5) is 19.6. The van der Waals surface area contributed by atoms with Gasteiger partial charge >= 0.3 is 0 Å². The van der Waals surface area contributed by atoms with Crippen LogP contribution < -0.4 is 10.6 Å². The Morgan fingerprint density at radius 1 is 1.50 bits per heavy atom. The molecule has 0 spiro atoms. The van der Waals surface area contributed by atoms with Crippen LogP contribution in [0.1, 0.15) is 23.4 Å². The zero-order valence-corrected chi connectivity index (χ0v) is 15.8. The van der Waals surface area contributed by atoms with E-state index in [-0.39, 0.29) is 17.5 Å². The van der Waals surface area contributed by atoms with Crippen LogP contribution in [0, 0.1) is 11.3 Å². The van der Waals surface area contributed by atoms with E-state index in [0.29, 0.717) is 29.9 Å². The van der Waals surface area contributed by atoms with Crippen LogP contribution in [0.25, 0.3) is 0 Å². The van der Waals surface area contributed by atoms with E-state index >= 15 is 0 Å². The van der Waals surface area contributed by atoms with Gasteiger partial charge in [-0.1, -0.05) is 41.9 Å². The summed E-state index contributed by atoms with van der Waals surface area (Å²) < 4.78 is 0.479. The quantitative estimate of drug-likeness (QED) is 0.609. The molecule has 0 radical (unpaired) electrons. The molecule has 1 saturated heterocycles. The summed E-state index contributed by atoms with van der Waals surface area (Å²) >= 11 is 7.27. The number of nitriles is 1. The monoisotopic (exact) mass is 387 g/mol. The fraction of sp³-hybridized carbons (Fsp3) is 0.278. The van der Waals surface area contributed by atoms with Gasteiger partial charge in [-0.05, 0) is 12.5 Å². The minimum atomic E-state index is -0.388. The molecule has 2 heterocycles. The van der Waals surface area contributed by atoms with Crippen LogP contribution in [0.15, 0.2) is 47.9 Å². The van der Waals surface area contributed by atoms with E-state index in [1.807, 2.05) is 48.2 Å². The molecule has 1 atom stereocenters. The number of benzene rings is 1. The third-order valence-corrected chi connectivity index (χ3v) is 5.18. The van der Waals surface area contributed by atoms with Crippen molar-refractivity contribution in [3.8, 4) is 6.07 Å². The molecule has 1 aromatic heterocycles. The first-order valence-corrected chi connectivity index (χ1v) is 9.37. The molecule has 6 nitrogen and oxygen atoms in total. The Hall–Kier alpha value is -2.56. The number of aromatic nitrogens is 1. The van der Waals surface area contributed by atoms with Gasteiger partial charge in [0.2, 0.25) is 0 Å². The molecule has 26 heavy (non-hydrogen) atoms. The van der Waals surface area contributed by atoms with Gasteiger partial charge in [0, 0.05) is 24.2 Å². The van der Waals surface area contributed by atoms with Crippen molar-refractivity contribution in [2.24, 2.45) is 0 Å². The van der Waals surface area contributed by atoms with E-state index in [1.54, 1.807) is 6.20 Å². The molecule has 0 saturated carbocycles. The number of hydrogen-bond donors (Lipinski definition) is 2. The molecule has 3 rings (SSSR count). The second kappa shape index (κ2) is 8.21. The minimum absolute atomic E-state index is 0.0842. The average molecular weight is 388 g/mol. The van der Waals surface area contributed by atoms with Gasteiger partial charge in [0.1, 0.15) is 11.9 Å². The van der Waals surface area contributed by atoms with E-state index in [9.17, 15) is 10.1 Å². The zero-order chi connectivity index (χ0) is 18.5.